The molecule has 4 nitrogen and oxygen atoms in total. The molecule has 5 heteroatoms. The molecule has 0 aliphatic carbocycles. The Kier molecular flexibility index (Phi) is 5.92. The zero-order valence-electron chi connectivity index (χ0n) is 11.7. The lowest BCUT2D eigenvalue weighted by Crippen LogP contribution is -2.24. The number of carboxylic acid groups (broad SMARTS) is 1. The van der Waals surface area contributed by atoms with Crippen molar-refractivity contribution in [2.75, 3.05) is 34.2 Å². The van der Waals surface area contributed by atoms with Crippen molar-refractivity contribution in [3.05, 3.63) is 35.1 Å². The summed E-state index contributed by atoms with van der Waals surface area (Å²) < 4.78 is 13.1. The minimum Gasteiger partial charge on any atom is -0.478 e. The van der Waals surface area contributed by atoms with Gasteiger partial charge in [0.1, 0.15) is 5.82 Å². The molecule has 0 radical (unpaired) electrons. The summed E-state index contributed by atoms with van der Waals surface area (Å²) in [4.78, 5) is 15.2. The Morgan fingerprint density at radius 3 is 2.53 bits per heavy atom. The quantitative estimate of drug-likeness (QED) is 0.820. The van der Waals surface area contributed by atoms with Gasteiger partial charge in [0, 0.05) is 6.54 Å². The summed E-state index contributed by atoms with van der Waals surface area (Å²) >= 11 is 0. The second kappa shape index (κ2) is 7.21. The number of rotatable bonds is 7. The van der Waals surface area contributed by atoms with Crippen LogP contribution in [-0.4, -0.2) is 55.1 Å². The van der Waals surface area contributed by atoms with Gasteiger partial charge in [0.2, 0.25) is 0 Å². The van der Waals surface area contributed by atoms with E-state index in [0.717, 1.165) is 25.6 Å². The van der Waals surface area contributed by atoms with Crippen LogP contribution in [0.25, 0.3) is 0 Å². The van der Waals surface area contributed by atoms with Crippen molar-refractivity contribution in [3.63, 3.8) is 0 Å². The van der Waals surface area contributed by atoms with Crippen LogP contribution in [0, 0.1) is 5.82 Å². The Hall–Kier alpha value is -1.46. The Bertz CT molecular complexity index is 435. The maximum Gasteiger partial charge on any atom is 0.336 e. The molecule has 0 bridgehead atoms. The molecule has 19 heavy (non-hydrogen) atoms. The van der Waals surface area contributed by atoms with Gasteiger partial charge in [-0.15, -0.1) is 0 Å². The van der Waals surface area contributed by atoms with Crippen LogP contribution in [0.4, 0.5) is 4.39 Å². The molecule has 1 aromatic carbocycles. The first-order valence-corrected chi connectivity index (χ1v) is 6.25. The predicted octanol–water partition coefficient (Wildman–Crippen LogP) is 1.91. The Balaban J connectivity index is 2.63. The number of carbonyl (C=O) groups is 1. The third-order valence-corrected chi connectivity index (χ3v) is 2.89. The first-order valence-electron chi connectivity index (χ1n) is 6.25. The Labute approximate surface area is 113 Å². The van der Waals surface area contributed by atoms with Gasteiger partial charge < -0.3 is 14.9 Å². The van der Waals surface area contributed by atoms with Crippen molar-refractivity contribution in [1.29, 1.82) is 0 Å². The summed E-state index contributed by atoms with van der Waals surface area (Å²) in [6, 6.07) is 3.92. The van der Waals surface area contributed by atoms with Gasteiger partial charge in [-0.25, -0.2) is 9.18 Å². The summed E-state index contributed by atoms with van der Waals surface area (Å²) in [6.45, 7) is 2.36. The van der Waals surface area contributed by atoms with Crippen LogP contribution in [0.5, 0.6) is 0 Å². The normalized spacial score (nSPS) is 11.3. The monoisotopic (exact) mass is 268 g/mol. The Morgan fingerprint density at radius 2 is 1.95 bits per heavy atom. The molecule has 0 heterocycles. The predicted molar refractivity (Wildman–Crippen MR) is 72.9 cm³/mol. The first-order chi connectivity index (χ1) is 8.90. The highest BCUT2D eigenvalue weighted by molar-refractivity contribution is 5.89. The van der Waals surface area contributed by atoms with Gasteiger partial charge >= 0.3 is 5.97 Å². The zero-order valence-corrected chi connectivity index (χ0v) is 11.7. The molecule has 0 amide bonds. The average molecular weight is 268 g/mol. The number of aromatic carboxylic acids is 1. The van der Waals surface area contributed by atoms with Crippen LogP contribution in [0.3, 0.4) is 0 Å². The number of halogens is 1. The standard InChI is InChI=1S/C14H21FN2O2/c1-16(2)7-4-8-17(3)10-11-5-6-12(15)9-13(11)14(18)19/h5-6,9H,4,7-8,10H2,1-3H3,(H,18,19). The highest BCUT2D eigenvalue weighted by Crippen LogP contribution is 2.13. The molecule has 106 valence electrons. The number of benzene rings is 1. The largest absolute Gasteiger partial charge is 0.478 e. The summed E-state index contributed by atoms with van der Waals surface area (Å²) in [5, 5.41) is 9.06. The van der Waals surface area contributed by atoms with E-state index in [1.54, 1.807) is 6.07 Å². The van der Waals surface area contributed by atoms with Gasteiger partial charge in [-0.1, -0.05) is 6.07 Å². The van der Waals surface area contributed by atoms with Crippen molar-refractivity contribution in [3.8, 4) is 0 Å². The maximum absolute atomic E-state index is 13.1. The van der Waals surface area contributed by atoms with E-state index in [1.165, 1.54) is 6.07 Å². The number of hydrogen-bond donors (Lipinski definition) is 1. The number of carboxylic acids is 1. The van der Waals surface area contributed by atoms with Crippen LogP contribution in [0.15, 0.2) is 18.2 Å². The van der Waals surface area contributed by atoms with E-state index in [1.807, 2.05) is 26.0 Å². The van der Waals surface area contributed by atoms with Crippen molar-refractivity contribution >= 4 is 5.97 Å². The molecule has 0 aliphatic rings. The summed E-state index contributed by atoms with van der Waals surface area (Å²) in [6.07, 6.45) is 1.01. The third kappa shape index (κ3) is 5.36. The van der Waals surface area contributed by atoms with E-state index in [9.17, 15) is 9.18 Å². The zero-order chi connectivity index (χ0) is 14.4. The SMILES string of the molecule is CN(C)CCCN(C)Cc1ccc(F)cc1C(=O)O. The smallest absolute Gasteiger partial charge is 0.336 e. The van der Waals surface area contributed by atoms with E-state index in [4.69, 9.17) is 5.11 Å². The minimum absolute atomic E-state index is 0.0412. The fourth-order valence-electron chi connectivity index (χ4n) is 1.91. The lowest BCUT2D eigenvalue weighted by Gasteiger charge is -2.19. The van der Waals surface area contributed by atoms with Gasteiger partial charge in [0.15, 0.2) is 0 Å². The molecule has 0 atom stereocenters. The molecule has 0 spiro atoms. The van der Waals surface area contributed by atoms with Crippen LogP contribution < -0.4 is 0 Å². The molecule has 0 aliphatic heterocycles. The first kappa shape index (κ1) is 15.6. The molecule has 1 aromatic rings. The van der Waals surface area contributed by atoms with E-state index in [0.29, 0.717) is 12.1 Å². The van der Waals surface area contributed by atoms with Gasteiger partial charge in [0.05, 0.1) is 5.56 Å². The van der Waals surface area contributed by atoms with Crippen molar-refractivity contribution in [2.45, 2.75) is 13.0 Å². The topological polar surface area (TPSA) is 43.8 Å². The molecule has 0 fully saturated rings. The van der Waals surface area contributed by atoms with Crippen LogP contribution in [0.1, 0.15) is 22.3 Å². The van der Waals surface area contributed by atoms with E-state index < -0.39 is 11.8 Å². The second-order valence-electron chi connectivity index (χ2n) is 5.00. The average Bonchev–Trinajstić information content (AvgIpc) is 2.30. The van der Waals surface area contributed by atoms with Crippen LogP contribution >= 0.6 is 0 Å². The fourth-order valence-corrected chi connectivity index (χ4v) is 1.91. The van der Waals surface area contributed by atoms with E-state index in [-0.39, 0.29) is 5.56 Å². The van der Waals surface area contributed by atoms with Gasteiger partial charge in [0.25, 0.3) is 0 Å². The lowest BCUT2D eigenvalue weighted by molar-refractivity contribution is 0.0694. The highest BCUT2D eigenvalue weighted by atomic mass is 19.1. The van der Waals surface area contributed by atoms with E-state index >= 15 is 0 Å². The molecule has 0 unspecified atom stereocenters. The number of hydrogen-bond acceptors (Lipinski definition) is 3. The molecule has 0 saturated heterocycles. The minimum atomic E-state index is -1.09. The second-order valence-corrected chi connectivity index (χ2v) is 5.00. The van der Waals surface area contributed by atoms with Gasteiger partial charge in [-0.3, -0.25) is 0 Å². The van der Waals surface area contributed by atoms with Crippen molar-refractivity contribution in [1.82, 2.24) is 9.80 Å². The van der Waals surface area contributed by atoms with E-state index in [2.05, 4.69) is 4.90 Å². The van der Waals surface area contributed by atoms with Crippen molar-refractivity contribution < 1.29 is 14.3 Å². The summed E-state index contributed by atoms with van der Waals surface area (Å²) in [5.74, 6) is -1.60. The maximum atomic E-state index is 13.1. The fraction of sp³-hybridized carbons (Fsp3) is 0.500. The summed E-state index contributed by atoms with van der Waals surface area (Å²) in [5.41, 5.74) is 0.681. The van der Waals surface area contributed by atoms with Crippen LogP contribution in [-0.2, 0) is 6.54 Å². The van der Waals surface area contributed by atoms with Gasteiger partial charge in [-0.2, -0.15) is 0 Å². The highest BCUT2D eigenvalue weighted by Gasteiger charge is 2.12. The van der Waals surface area contributed by atoms with Gasteiger partial charge in [-0.05, 0) is 58.3 Å². The third-order valence-electron chi connectivity index (χ3n) is 2.89. The molecule has 1 rings (SSSR count). The molecule has 0 saturated carbocycles. The molecular formula is C14H21FN2O2. The van der Waals surface area contributed by atoms with Crippen molar-refractivity contribution in [2.24, 2.45) is 0 Å². The molecular weight excluding hydrogens is 247 g/mol. The summed E-state index contributed by atoms with van der Waals surface area (Å²) in [7, 11) is 5.97. The molecule has 1 N–H and O–H groups in total. The Morgan fingerprint density at radius 1 is 1.26 bits per heavy atom. The number of nitrogens with zero attached hydrogens (tertiary/aromatic N) is 2. The lowest BCUT2D eigenvalue weighted by atomic mass is 10.1. The van der Waals surface area contributed by atoms with Crippen LogP contribution in [0.2, 0.25) is 0 Å². The molecule has 0 aromatic heterocycles.